The lowest BCUT2D eigenvalue weighted by Crippen LogP contribution is -2.17. The first kappa shape index (κ1) is 12.8. The first-order valence-electron chi connectivity index (χ1n) is 6.02. The van der Waals surface area contributed by atoms with Crippen LogP contribution >= 0.6 is 11.6 Å². The lowest BCUT2D eigenvalue weighted by atomic mass is 10.1. The summed E-state index contributed by atoms with van der Waals surface area (Å²) in [7, 11) is 0. The van der Waals surface area contributed by atoms with Crippen LogP contribution in [0.3, 0.4) is 0 Å². The molecular formula is C14H16ClN3. The largest absolute Gasteiger partial charge is 0.365 e. The molecule has 3 nitrogen and oxygen atoms in total. The molecule has 4 heteroatoms. The average molecular weight is 262 g/mol. The molecule has 18 heavy (non-hydrogen) atoms. The summed E-state index contributed by atoms with van der Waals surface area (Å²) < 4.78 is 0. The topological polar surface area (TPSA) is 37.8 Å². The molecule has 1 N–H and O–H groups in total. The molecule has 0 saturated heterocycles. The minimum atomic E-state index is 0.305. The second kappa shape index (κ2) is 6.36. The molecule has 0 spiro atoms. The van der Waals surface area contributed by atoms with Gasteiger partial charge >= 0.3 is 0 Å². The zero-order valence-electron chi connectivity index (χ0n) is 10.3. The Bertz CT molecular complexity index is 487. The molecule has 0 fully saturated rings. The summed E-state index contributed by atoms with van der Waals surface area (Å²) in [5.41, 5.74) is 1.34. The SMILES string of the molecule is CC(CCc1ccccc1)Nc1nccnc1Cl. The molecule has 1 aromatic heterocycles. The molecule has 1 atom stereocenters. The Morgan fingerprint density at radius 2 is 1.89 bits per heavy atom. The predicted molar refractivity (Wildman–Crippen MR) is 74.9 cm³/mol. The van der Waals surface area contributed by atoms with Gasteiger partial charge in [0.2, 0.25) is 0 Å². The van der Waals surface area contributed by atoms with Crippen molar-refractivity contribution in [3.8, 4) is 0 Å². The lowest BCUT2D eigenvalue weighted by Gasteiger charge is -2.14. The van der Waals surface area contributed by atoms with E-state index in [2.05, 4.69) is 46.5 Å². The summed E-state index contributed by atoms with van der Waals surface area (Å²) in [4.78, 5) is 8.16. The van der Waals surface area contributed by atoms with Crippen LogP contribution in [0, 0.1) is 0 Å². The van der Waals surface area contributed by atoms with Gasteiger partial charge in [0.15, 0.2) is 11.0 Å². The molecular weight excluding hydrogens is 246 g/mol. The Labute approximate surface area is 112 Å². The van der Waals surface area contributed by atoms with Gasteiger partial charge in [0.25, 0.3) is 0 Å². The van der Waals surface area contributed by atoms with Crippen LogP contribution in [0.2, 0.25) is 5.15 Å². The number of aromatic nitrogens is 2. The van der Waals surface area contributed by atoms with Crippen molar-refractivity contribution in [1.29, 1.82) is 0 Å². The zero-order chi connectivity index (χ0) is 12.8. The summed E-state index contributed by atoms with van der Waals surface area (Å²) in [5.74, 6) is 0.653. The van der Waals surface area contributed by atoms with Crippen molar-refractivity contribution in [2.75, 3.05) is 5.32 Å². The minimum absolute atomic E-state index is 0.305. The van der Waals surface area contributed by atoms with Crippen LogP contribution in [-0.4, -0.2) is 16.0 Å². The fourth-order valence-electron chi connectivity index (χ4n) is 1.75. The van der Waals surface area contributed by atoms with E-state index in [0.29, 0.717) is 17.0 Å². The van der Waals surface area contributed by atoms with Gasteiger partial charge < -0.3 is 5.32 Å². The maximum Gasteiger partial charge on any atom is 0.171 e. The third kappa shape index (κ3) is 3.70. The van der Waals surface area contributed by atoms with Crippen LogP contribution < -0.4 is 5.32 Å². The molecule has 0 saturated carbocycles. The molecule has 0 aliphatic rings. The summed E-state index contributed by atoms with van der Waals surface area (Å²) in [5, 5.41) is 3.70. The molecule has 1 heterocycles. The Hall–Kier alpha value is -1.61. The average Bonchev–Trinajstić information content (AvgIpc) is 2.40. The van der Waals surface area contributed by atoms with E-state index in [1.54, 1.807) is 12.4 Å². The Kier molecular flexibility index (Phi) is 4.53. The first-order valence-corrected chi connectivity index (χ1v) is 6.40. The van der Waals surface area contributed by atoms with Crippen LogP contribution in [0.15, 0.2) is 42.7 Å². The number of hydrogen-bond donors (Lipinski definition) is 1. The monoisotopic (exact) mass is 261 g/mol. The molecule has 0 aliphatic heterocycles. The minimum Gasteiger partial charge on any atom is -0.365 e. The maximum absolute atomic E-state index is 5.95. The predicted octanol–water partition coefficient (Wildman–Crippen LogP) is 3.56. The van der Waals surface area contributed by atoms with Crippen molar-refractivity contribution in [2.24, 2.45) is 0 Å². The van der Waals surface area contributed by atoms with Gasteiger partial charge in [-0.2, -0.15) is 0 Å². The van der Waals surface area contributed by atoms with Crippen LogP contribution in [-0.2, 0) is 6.42 Å². The normalized spacial score (nSPS) is 12.1. The second-order valence-electron chi connectivity index (χ2n) is 4.27. The van der Waals surface area contributed by atoms with E-state index >= 15 is 0 Å². The van der Waals surface area contributed by atoms with Gasteiger partial charge in [0.05, 0.1) is 0 Å². The van der Waals surface area contributed by atoms with Crippen molar-refractivity contribution in [3.05, 3.63) is 53.4 Å². The van der Waals surface area contributed by atoms with E-state index in [9.17, 15) is 0 Å². The van der Waals surface area contributed by atoms with Crippen LogP contribution in [0.1, 0.15) is 18.9 Å². The molecule has 2 aromatic rings. The van der Waals surface area contributed by atoms with Crippen molar-refractivity contribution >= 4 is 17.4 Å². The van der Waals surface area contributed by atoms with E-state index in [4.69, 9.17) is 11.6 Å². The van der Waals surface area contributed by atoms with E-state index < -0.39 is 0 Å². The number of nitrogens with one attached hydrogen (secondary N) is 1. The molecule has 0 radical (unpaired) electrons. The highest BCUT2D eigenvalue weighted by Gasteiger charge is 2.06. The molecule has 94 valence electrons. The first-order chi connectivity index (χ1) is 8.75. The van der Waals surface area contributed by atoms with Crippen LogP contribution in [0.5, 0.6) is 0 Å². The number of benzene rings is 1. The Balaban J connectivity index is 1.86. The van der Waals surface area contributed by atoms with Crippen LogP contribution in [0.4, 0.5) is 5.82 Å². The standard InChI is InChI=1S/C14H16ClN3/c1-11(7-8-12-5-3-2-4-6-12)18-14-13(15)16-9-10-17-14/h2-6,9-11H,7-8H2,1H3,(H,17,18). The van der Waals surface area contributed by atoms with Crippen LogP contribution in [0.25, 0.3) is 0 Å². The molecule has 2 rings (SSSR count). The number of hydrogen-bond acceptors (Lipinski definition) is 3. The number of nitrogens with zero attached hydrogens (tertiary/aromatic N) is 2. The highest BCUT2D eigenvalue weighted by atomic mass is 35.5. The van der Waals surface area contributed by atoms with Gasteiger partial charge in [0, 0.05) is 18.4 Å². The fourth-order valence-corrected chi connectivity index (χ4v) is 1.91. The molecule has 1 unspecified atom stereocenters. The number of rotatable bonds is 5. The summed E-state index contributed by atoms with van der Waals surface area (Å²) >= 11 is 5.95. The number of aryl methyl sites for hydroxylation is 1. The molecule has 0 aliphatic carbocycles. The van der Waals surface area contributed by atoms with E-state index in [-0.39, 0.29) is 0 Å². The smallest absolute Gasteiger partial charge is 0.171 e. The Morgan fingerprint density at radius 3 is 2.61 bits per heavy atom. The van der Waals surface area contributed by atoms with E-state index in [1.165, 1.54) is 5.56 Å². The summed E-state index contributed by atoms with van der Waals surface area (Å²) in [6.07, 6.45) is 5.28. The van der Waals surface area contributed by atoms with Crippen molar-refractivity contribution in [3.63, 3.8) is 0 Å². The fraction of sp³-hybridized carbons (Fsp3) is 0.286. The van der Waals surface area contributed by atoms with Gasteiger partial charge in [-0.15, -0.1) is 0 Å². The van der Waals surface area contributed by atoms with Gasteiger partial charge in [0.1, 0.15) is 0 Å². The van der Waals surface area contributed by atoms with Gasteiger partial charge in [-0.05, 0) is 25.3 Å². The highest BCUT2D eigenvalue weighted by Crippen LogP contribution is 2.16. The maximum atomic E-state index is 5.95. The molecule has 0 bridgehead atoms. The Morgan fingerprint density at radius 1 is 1.17 bits per heavy atom. The third-order valence-corrected chi connectivity index (χ3v) is 3.02. The van der Waals surface area contributed by atoms with Gasteiger partial charge in [-0.3, -0.25) is 0 Å². The molecule has 0 amide bonds. The summed E-state index contributed by atoms with van der Waals surface area (Å²) in [6, 6.07) is 10.7. The highest BCUT2D eigenvalue weighted by molar-refractivity contribution is 6.31. The second-order valence-corrected chi connectivity index (χ2v) is 4.62. The number of halogens is 1. The third-order valence-electron chi connectivity index (χ3n) is 2.75. The van der Waals surface area contributed by atoms with Gasteiger partial charge in [-0.25, -0.2) is 9.97 Å². The zero-order valence-corrected chi connectivity index (χ0v) is 11.1. The van der Waals surface area contributed by atoms with Gasteiger partial charge in [-0.1, -0.05) is 41.9 Å². The summed E-state index contributed by atoms with van der Waals surface area (Å²) in [6.45, 7) is 2.12. The van der Waals surface area contributed by atoms with Crippen molar-refractivity contribution < 1.29 is 0 Å². The lowest BCUT2D eigenvalue weighted by molar-refractivity contribution is 0.702. The van der Waals surface area contributed by atoms with Crippen molar-refractivity contribution in [1.82, 2.24) is 9.97 Å². The number of anilines is 1. The van der Waals surface area contributed by atoms with E-state index in [1.807, 2.05) is 6.07 Å². The quantitative estimate of drug-likeness (QED) is 0.894. The molecule has 1 aromatic carbocycles. The van der Waals surface area contributed by atoms with E-state index in [0.717, 1.165) is 12.8 Å². The van der Waals surface area contributed by atoms with Crippen molar-refractivity contribution in [2.45, 2.75) is 25.8 Å².